The fourth-order valence-electron chi connectivity index (χ4n) is 4.38. The van der Waals surface area contributed by atoms with Gasteiger partial charge in [-0.25, -0.2) is 31.1 Å². The van der Waals surface area contributed by atoms with Crippen molar-refractivity contribution in [3.8, 4) is 11.1 Å². The number of sulfonamides is 1. The van der Waals surface area contributed by atoms with Gasteiger partial charge in [-0.3, -0.25) is 9.52 Å². The molecule has 2 N–H and O–H groups in total. The fraction of sp³-hybridized carbons (Fsp3) is 0.194. The number of amides is 1. The lowest BCUT2D eigenvalue weighted by Crippen LogP contribution is -2.32. The lowest BCUT2D eigenvalue weighted by molar-refractivity contribution is -0.198. The molecule has 0 aliphatic carbocycles. The summed E-state index contributed by atoms with van der Waals surface area (Å²) in [4.78, 5) is 17.5. The maximum atomic E-state index is 13.2. The Kier molecular flexibility index (Phi) is 9.11. The highest BCUT2D eigenvalue weighted by Gasteiger charge is 2.18. The van der Waals surface area contributed by atoms with Crippen molar-refractivity contribution in [2.24, 2.45) is 0 Å². The van der Waals surface area contributed by atoms with Gasteiger partial charge in [-0.1, -0.05) is 42.0 Å². The number of carbonyl (C=O) groups is 1. The smallest absolute Gasteiger partial charge is 0.267 e. The van der Waals surface area contributed by atoms with Crippen LogP contribution in [-0.4, -0.2) is 39.6 Å². The van der Waals surface area contributed by atoms with Gasteiger partial charge in [0.1, 0.15) is 0 Å². The molecule has 5 rings (SSSR count). The Morgan fingerprint density at radius 2 is 1.53 bits per heavy atom. The maximum absolute atomic E-state index is 13.2. The summed E-state index contributed by atoms with van der Waals surface area (Å²) in [6.07, 6.45) is 7.73. The molecule has 1 amide bonds. The van der Waals surface area contributed by atoms with Crippen LogP contribution < -0.4 is 10.2 Å². The molecule has 1 unspecified atom stereocenters. The van der Waals surface area contributed by atoms with Crippen LogP contribution in [-0.2, 0) is 34.4 Å². The molecule has 1 aliphatic rings. The molecule has 1 aromatic heterocycles. The summed E-state index contributed by atoms with van der Waals surface area (Å²) in [5, 5.41) is 0. The van der Waals surface area contributed by atoms with Crippen molar-refractivity contribution >= 4 is 37.7 Å². The number of benzene rings is 3. The second kappa shape index (κ2) is 13.0. The van der Waals surface area contributed by atoms with E-state index < -0.39 is 32.2 Å². The normalized spacial score (nSPS) is 15.8. The van der Waals surface area contributed by atoms with Crippen LogP contribution >= 0.6 is 0 Å². The molecular formula is C31H31N3O7S2. The number of ether oxygens (including phenoxy) is 1. The highest BCUT2D eigenvalue weighted by atomic mass is 32.2. The minimum absolute atomic E-state index is 0.0866. The van der Waals surface area contributed by atoms with Gasteiger partial charge in [0.05, 0.1) is 9.79 Å². The van der Waals surface area contributed by atoms with Crippen LogP contribution in [0.3, 0.4) is 0 Å². The van der Waals surface area contributed by atoms with Crippen molar-refractivity contribution < 1.29 is 31.2 Å². The fourth-order valence-corrected chi connectivity index (χ4v) is 6.64. The van der Waals surface area contributed by atoms with Gasteiger partial charge < -0.3 is 4.74 Å². The molecule has 1 aliphatic heterocycles. The van der Waals surface area contributed by atoms with E-state index in [0.717, 1.165) is 33.5 Å². The summed E-state index contributed by atoms with van der Waals surface area (Å²) < 4.78 is 60.7. The van der Waals surface area contributed by atoms with Crippen molar-refractivity contribution in [2.45, 2.75) is 42.3 Å². The van der Waals surface area contributed by atoms with Crippen LogP contribution in [0.15, 0.2) is 107 Å². The van der Waals surface area contributed by atoms with Crippen LogP contribution in [0, 0.1) is 6.92 Å². The molecule has 224 valence electrons. The van der Waals surface area contributed by atoms with E-state index >= 15 is 0 Å². The number of nitrogens with zero attached hydrogens (tertiary/aromatic N) is 1. The van der Waals surface area contributed by atoms with Gasteiger partial charge in [0.25, 0.3) is 26.0 Å². The molecule has 1 atom stereocenters. The van der Waals surface area contributed by atoms with E-state index in [4.69, 9.17) is 9.57 Å². The predicted molar refractivity (Wildman–Crippen MR) is 163 cm³/mol. The number of nitrogens with one attached hydrogen (secondary N) is 2. The second-order valence-electron chi connectivity index (χ2n) is 10.0. The second-order valence-corrected chi connectivity index (χ2v) is 13.5. The van der Waals surface area contributed by atoms with Gasteiger partial charge in [0.15, 0.2) is 6.29 Å². The zero-order valence-corrected chi connectivity index (χ0v) is 25.0. The Hall–Kier alpha value is -4.23. The summed E-state index contributed by atoms with van der Waals surface area (Å²) in [6.45, 7) is 2.48. The number of aryl methyl sites for hydroxylation is 1. The molecule has 0 spiro atoms. The number of carbonyl (C=O) groups excluding carboxylic acids is 1. The minimum atomic E-state index is -3.87. The van der Waals surface area contributed by atoms with E-state index in [9.17, 15) is 21.6 Å². The average Bonchev–Trinajstić information content (AvgIpc) is 3.50. The summed E-state index contributed by atoms with van der Waals surface area (Å²) in [7, 11) is -7.59. The van der Waals surface area contributed by atoms with Crippen molar-refractivity contribution in [1.82, 2.24) is 9.45 Å². The highest BCUT2D eigenvalue weighted by molar-refractivity contribution is 7.92. The van der Waals surface area contributed by atoms with Gasteiger partial charge in [-0.05, 0) is 85.0 Å². The zero-order valence-electron chi connectivity index (χ0n) is 23.3. The van der Waals surface area contributed by atoms with Crippen LogP contribution in [0.2, 0.25) is 0 Å². The molecule has 4 aromatic rings. The maximum Gasteiger partial charge on any atom is 0.267 e. The van der Waals surface area contributed by atoms with Gasteiger partial charge in [0.2, 0.25) is 0 Å². The minimum Gasteiger partial charge on any atom is -0.350 e. The van der Waals surface area contributed by atoms with Crippen molar-refractivity contribution in [3.05, 3.63) is 108 Å². The monoisotopic (exact) mass is 621 g/mol. The molecule has 0 bridgehead atoms. The number of rotatable bonds is 10. The zero-order chi connectivity index (χ0) is 30.5. The van der Waals surface area contributed by atoms with Gasteiger partial charge in [-0.15, -0.1) is 0 Å². The first kappa shape index (κ1) is 30.2. The number of hydrogen-bond acceptors (Lipinski definition) is 7. The summed E-state index contributed by atoms with van der Waals surface area (Å²) in [5.74, 6) is -0.489. The van der Waals surface area contributed by atoms with Crippen molar-refractivity contribution in [3.63, 3.8) is 0 Å². The average molecular weight is 622 g/mol. The first-order chi connectivity index (χ1) is 20.6. The van der Waals surface area contributed by atoms with Crippen LogP contribution in [0.1, 0.15) is 30.4 Å². The Balaban J connectivity index is 1.20. The molecule has 1 saturated heterocycles. The van der Waals surface area contributed by atoms with E-state index in [1.807, 2.05) is 6.92 Å². The Morgan fingerprint density at radius 3 is 2.19 bits per heavy atom. The molecule has 1 fully saturated rings. The highest BCUT2D eigenvalue weighted by Crippen LogP contribution is 2.25. The molecule has 3 aromatic carbocycles. The van der Waals surface area contributed by atoms with Gasteiger partial charge in [-0.2, -0.15) is 0 Å². The van der Waals surface area contributed by atoms with Crippen LogP contribution in [0.5, 0.6) is 0 Å². The Bertz CT molecular complexity index is 1810. The number of hydrogen-bond donors (Lipinski definition) is 2. The molecule has 10 nitrogen and oxygen atoms in total. The summed E-state index contributed by atoms with van der Waals surface area (Å²) in [6, 6.07) is 21.3. The molecule has 0 radical (unpaired) electrons. The summed E-state index contributed by atoms with van der Waals surface area (Å²) in [5.41, 5.74) is 5.75. The third kappa shape index (κ3) is 7.59. The third-order valence-electron chi connectivity index (χ3n) is 6.78. The number of aromatic nitrogens is 1. The number of hydroxylamine groups is 1. The first-order valence-corrected chi connectivity index (χ1v) is 16.5. The van der Waals surface area contributed by atoms with Crippen molar-refractivity contribution in [1.29, 1.82) is 0 Å². The summed E-state index contributed by atoms with van der Waals surface area (Å²) >= 11 is 0. The van der Waals surface area contributed by atoms with Gasteiger partial charge in [0, 0.05) is 37.2 Å². The van der Waals surface area contributed by atoms with Crippen LogP contribution in [0.25, 0.3) is 17.2 Å². The standard InChI is InChI=1S/C31H31N3O7S2/c1-23-5-14-28(15-6-23)42(36,37)33-27-12-8-25(9-13-27)26-10-16-29(17-11-26)43(38,39)34-20-19-24(22-34)7-18-30(35)32-41-31-4-2-3-21-40-31/h5-20,22,31,33H,2-4,21H2,1H3,(H,32,35)/b18-7+. The van der Waals surface area contributed by atoms with Crippen molar-refractivity contribution in [2.75, 3.05) is 11.3 Å². The van der Waals surface area contributed by atoms with E-state index in [1.54, 1.807) is 66.7 Å². The molecule has 0 saturated carbocycles. The lowest BCUT2D eigenvalue weighted by atomic mass is 10.1. The predicted octanol–water partition coefficient (Wildman–Crippen LogP) is 5.09. The van der Waals surface area contributed by atoms with Gasteiger partial charge >= 0.3 is 0 Å². The van der Waals surface area contributed by atoms with Crippen LogP contribution in [0.4, 0.5) is 5.69 Å². The van der Waals surface area contributed by atoms with E-state index in [2.05, 4.69) is 10.2 Å². The quantitative estimate of drug-likeness (QED) is 0.186. The van der Waals surface area contributed by atoms with E-state index in [1.165, 1.54) is 36.7 Å². The molecule has 2 heterocycles. The molecule has 43 heavy (non-hydrogen) atoms. The lowest BCUT2D eigenvalue weighted by Gasteiger charge is -2.21. The largest absolute Gasteiger partial charge is 0.350 e. The molecular weight excluding hydrogens is 590 g/mol. The SMILES string of the molecule is Cc1ccc(S(=O)(=O)Nc2ccc(-c3ccc(S(=O)(=O)n4ccc(/C=C/C(=O)NOC5CCCCO5)c4)cc3)cc2)cc1. The van der Waals surface area contributed by atoms with E-state index in [0.29, 0.717) is 24.3 Å². The third-order valence-corrected chi connectivity index (χ3v) is 9.82. The Morgan fingerprint density at radius 1 is 0.884 bits per heavy atom. The Labute approximate surface area is 251 Å². The first-order valence-electron chi connectivity index (χ1n) is 13.6. The molecule has 12 heteroatoms. The number of anilines is 1. The topological polar surface area (TPSA) is 133 Å². The van der Waals surface area contributed by atoms with E-state index in [-0.39, 0.29) is 9.79 Å².